The maximum absolute atomic E-state index is 6.01. The normalized spacial score (nSPS) is 19.7. The van der Waals surface area contributed by atoms with Crippen molar-refractivity contribution in [3.8, 4) is 5.88 Å². The number of thioether (sulfide) groups is 2. The molecule has 8 heteroatoms. The summed E-state index contributed by atoms with van der Waals surface area (Å²) < 4.78 is 7.16. The van der Waals surface area contributed by atoms with Gasteiger partial charge in [0.1, 0.15) is 6.33 Å². The number of fused-ring (bicyclic) bond motifs is 1. The third-order valence-corrected chi connectivity index (χ3v) is 5.82. The Kier molecular flexibility index (Phi) is 3.69. The smallest absolute Gasteiger partial charge is 0.245 e. The lowest BCUT2D eigenvalue weighted by molar-refractivity contribution is 0.401. The molecule has 102 valence electrons. The summed E-state index contributed by atoms with van der Waals surface area (Å²) in [6, 6.07) is 0. The van der Waals surface area contributed by atoms with Crippen LogP contribution in [0.1, 0.15) is 0 Å². The van der Waals surface area contributed by atoms with Crippen molar-refractivity contribution in [2.45, 2.75) is 11.8 Å². The van der Waals surface area contributed by atoms with E-state index in [-0.39, 0.29) is 0 Å². The van der Waals surface area contributed by atoms with Crippen LogP contribution in [0.3, 0.4) is 0 Å². The van der Waals surface area contributed by atoms with Crippen LogP contribution in [0.25, 0.3) is 11.2 Å². The fourth-order valence-electron chi connectivity index (χ4n) is 2.11. The molecule has 1 unspecified atom stereocenters. The minimum Gasteiger partial charge on any atom is -0.479 e. The molecule has 1 aliphatic rings. The molecular weight excluding hydrogens is 282 g/mol. The number of hydrogen-bond donors (Lipinski definition) is 1. The van der Waals surface area contributed by atoms with E-state index < -0.39 is 0 Å². The van der Waals surface area contributed by atoms with Crippen LogP contribution < -0.4 is 10.5 Å². The molecule has 0 radical (unpaired) electrons. The zero-order valence-electron chi connectivity index (χ0n) is 10.6. The number of nitrogens with zero attached hydrogens (tertiary/aromatic N) is 4. The molecule has 0 spiro atoms. The fraction of sp³-hybridized carbons (Fsp3) is 0.545. The van der Waals surface area contributed by atoms with Gasteiger partial charge in [0.2, 0.25) is 11.8 Å². The summed E-state index contributed by atoms with van der Waals surface area (Å²) in [6.07, 6.45) is 1.49. The molecule has 1 aliphatic heterocycles. The Hall–Kier alpha value is -1.15. The SMILES string of the molecule is COc1ncnc2c1nc(N)n2CC1CSCCS1. The number of imidazole rings is 1. The second-order valence-corrected chi connectivity index (χ2v) is 6.76. The monoisotopic (exact) mass is 297 g/mol. The number of hydrogen-bond acceptors (Lipinski definition) is 7. The van der Waals surface area contributed by atoms with Gasteiger partial charge in [-0.25, -0.2) is 9.97 Å². The Morgan fingerprint density at radius 2 is 2.37 bits per heavy atom. The zero-order valence-corrected chi connectivity index (χ0v) is 12.2. The van der Waals surface area contributed by atoms with Crippen LogP contribution in [0.4, 0.5) is 5.95 Å². The zero-order chi connectivity index (χ0) is 13.2. The van der Waals surface area contributed by atoms with Crippen molar-refractivity contribution in [1.29, 1.82) is 0 Å². The highest BCUT2D eigenvalue weighted by atomic mass is 32.2. The van der Waals surface area contributed by atoms with Gasteiger partial charge in [-0.2, -0.15) is 28.5 Å². The summed E-state index contributed by atoms with van der Waals surface area (Å²) in [5.41, 5.74) is 7.39. The lowest BCUT2D eigenvalue weighted by Gasteiger charge is -2.21. The predicted octanol–water partition coefficient (Wildman–Crippen LogP) is 1.27. The average Bonchev–Trinajstić information content (AvgIpc) is 2.76. The first-order valence-electron chi connectivity index (χ1n) is 5.99. The van der Waals surface area contributed by atoms with Gasteiger partial charge in [-0.05, 0) is 0 Å². The van der Waals surface area contributed by atoms with Crippen molar-refractivity contribution in [3.05, 3.63) is 6.33 Å². The molecule has 3 rings (SSSR count). The van der Waals surface area contributed by atoms with E-state index in [0.29, 0.717) is 22.6 Å². The molecule has 1 saturated heterocycles. The van der Waals surface area contributed by atoms with Crippen LogP contribution in [0, 0.1) is 0 Å². The molecule has 6 nitrogen and oxygen atoms in total. The number of rotatable bonds is 3. The second kappa shape index (κ2) is 5.46. The minimum absolute atomic E-state index is 0.473. The van der Waals surface area contributed by atoms with Gasteiger partial charge >= 0.3 is 0 Å². The van der Waals surface area contributed by atoms with Crippen LogP contribution >= 0.6 is 23.5 Å². The van der Waals surface area contributed by atoms with E-state index in [1.54, 1.807) is 7.11 Å². The molecule has 2 aromatic heterocycles. The number of ether oxygens (including phenoxy) is 1. The van der Waals surface area contributed by atoms with Crippen LogP contribution in [0.2, 0.25) is 0 Å². The summed E-state index contributed by atoms with van der Waals surface area (Å²) in [6.45, 7) is 0.833. The van der Waals surface area contributed by atoms with Crippen molar-refractivity contribution in [2.24, 2.45) is 0 Å². The minimum atomic E-state index is 0.473. The highest BCUT2D eigenvalue weighted by molar-refractivity contribution is 8.06. The first-order chi connectivity index (χ1) is 9.29. The van der Waals surface area contributed by atoms with Crippen LogP contribution in [0.5, 0.6) is 5.88 Å². The lowest BCUT2D eigenvalue weighted by atomic mass is 10.4. The first kappa shape index (κ1) is 12.9. The predicted molar refractivity (Wildman–Crippen MR) is 79.9 cm³/mol. The number of methoxy groups -OCH3 is 1. The van der Waals surface area contributed by atoms with Gasteiger partial charge in [0.15, 0.2) is 11.2 Å². The van der Waals surface area contributed by atoms with E-state index in [4.69, 9.17) is 10.5 Å². The lowest BCUT2D eigenvalue weighted by Crippen LogP contribution is -2.21. The van der Waals surface area contributed by atoms with Gasteiger partial charge < -0.3 is 10.5 Å². The molecule has 1 fully saturated rings. The molecule has 0 saturated carbocycles. The Morgan fingerprint density at radius 1 is 1.47 bits per heavy atom. The van der Waals surface area contributed by atoms with Crippen LogP contribution in [-0.4, -0.2) is 49.1 Å². The molecule has 2 aromatic rings. The number of aromatic nitrogens is 4. The van der Waals surface area contributed by atoms with Crippen LogP contribution in [0.15, 0.2) is 6.33 Å². The van der Waals surface area contributed by atoms with E-state index in [9.17, 15) is 0 Å². The Morgan fingerprint density at radius 3 is 3.11 bits per heavy atom. The molecule has 3 heterocycles. The molecule has 0 aromatic carbocycles. The van der Waals surface area contributed by atoms with Gasteiger partial charge in [0.05, 0.1) is 7.11 Å². The van der Waals surface area contributed by atoms with Gasteiger partial charge in [0, 0.05) is 29.1 Å². The third-order valence-electron chi connectivity index (χ3n) is 2.99. The topological polar surface area (TPSA) is 78.8 Å². The van der Waals surface area contributed by atoms with Crippen molar-refractivity contribution < 1.29 is 4.74 Å². The molecule has 2 N–H and O–H groups in total. The molecule has 19 heavy (non-hydrogen) atoms. The fourth-order valence-corrected chi connectivity index (χ4v) is 4.76. The Bertz CT molecular complexity index is 582. The van der Waals surface area contributed by atoms with E-state index in [1.165, 1.54) is 17.8 Å². The highest BCUT2D eigenvalue weighted by Crippen LogP contribution is 2.28. The van der Waals surface area contributed by atoms with Crippen molar-refractivity contribution >= 4 is 40.6 Å². The molecule has 1 atom stereocenters. The van der Waals surface area contributed by atoms with E-state index in [0.717, 1.165) is 17.9 Å². The summed E-state index contributed by atoms with van der Waals surface area (Å²) in [5.74, 6) is 4.52. The van der Waals surface area contributed by atoms with Gasteiger partial charge in [-0.3, -0.25) is 4.57 Å². The largest absolute Gasteiger partial charge is 0.479 e. The van der Waals surface area contributed by atoms with E-state index >= 15 is 0 Å². The summed E-state index contributed by atoms with van der Waals surface area (Å²) in [4.78, 5) is 12.7. The maximum atomic E-state index is 6.01. The Labute approximate surface area is 119 Å². The van der Waals surface area contributed by atoms with E-state index in [1.807, 2.05) is 28.1 Å². The Balaban J connectivity index is 1.96. The molecule has 0 bridgehead atoms. The second-order valence-electron chi connectivity index (χ2n) is 4.20. The van der Waals surface area contributed by atoms with Crippen molar-refractivity contribution in [3.63, 3.8) is 0 Å². The number of anilines is 1. The standard InChI is InChI=1S/C11H15N5OS2/c1-17-10-8-9(13-6-14-10)16(11(12)15-8)4-7-5-18-2-3-19-7/h6-7H,2-5H2,1H3,(H2,12,15). The third kappa shape index (κ3) is 2.46. The van der Waals surface area contributed by atoms with Crippen molar-refractivity contribution in [2.75, 3.05) is 30.1 Å². The van der Waals surface area contributed by atoms with Crippen molar-refractivity contribution in [1.82, 2.24) is 19.5 Å². The summed E-state index contributed by atoms with van der Waals surface area (Å²) >= 11 is 3.98. The van der Waals surface area contributed by atoms with Gasteiger partial charge in [-0.1, -0.05) is 0 Å². The number of nitrogens with two attached hydrogens (primary N) is 1. The number of nitrogen functional groups attached to an aromatic ring is 1. The molecule has 0 amide bonds. The first-order valence-corrected chi connectivity index (χ1v) is 8.20. The average molecular weight is 297 g/mol. The quantitative estimate of drug-likeness (QED) is 0.913. The van der Waals surface area contributed by atoms with Gasteiger partial charge in [-0.15, -0.1) is 0 Å². The molecule has 0 aliphatic carbocycles. The molecular formula is C11H15N5OS2. The summed E-state index contributed by atoms with van der Waals surface area (Å²) in [7, 11) is 1.57. The maximum Gasteiger partial charge on any atom is 0.245 e. The van der Waals surface area contributed by atoms with E-state index in [2.05, 4.69) is 15.0 Å². The highest BCUT2D eigenvalue weighted by Gasteiger charge is 2.20. The van der Waals surface area contributed by atoms with Crippen LogP contribution in [-0.2, 0) is 6.54 Å². The van der Waals surface area contributed by atoms with Gasteiger partial charge in [0.25, 0.3) is 0 Å². The summed E-state index contributed by atoms with van der Waals surface area (Å²) in [5, 5.41) is 0.555.